The van der Waals surface area contributed by atoms with E-state index >= 15 is 0 Å². The van der Waals surface area contributed by atoms with Crippen LogP contribution in [0.3, 0.4) is 0 Å². The first-order chi connectivity index (χ1) is 13.3. The summed E-state index contributed by atoms with van der Waals surface area (Å²) in [7, 11) is 1.52. The van der Waals surface area contributed by atoms with E-state index in [0.29, 0.717) is 11.5 Å². The first kappa shape index (κ1) is 21.0. The van der Waals surface area contributed by atoms with Crippen molar-refractivity contribution in [2.45, 2.75) is 32.8 Å². The van der Waals surface area contributed by atoms with Crippen molar-refractivity contribution >= 4 is 12.0 Å². The number of nitrogens with zero attached hydrogens (tertiary/aromatic N) is 1. The standard InChI is InChI=1S/C23H25NO4/c1-23(2,3)19-9-5-18(6-10-19)16-28-22(25)12-8-17-7-11-20(27-14-13-24)21(15-17)26-4/h5-12,15H,14,16H2,1-4H3/b12-8+. The summed E-state index contributed by atoms with van der Waals surface area (Å²) in [6.07, 6.45) is 3.01. The van der Waals surface area contributed by atoms with Gasteiger partial charge in [-0.15, -0.1) is 0 Å². The first-order valence-corrected chi connectivity index (χ1v) is 8.95. The Morgan fingerprint density at radius 3 is 2.43 bits per heavy atom. The Hall–Kier alpha value is -3.26. The van der Waals surface area contributed by atoms with Crippen molar-refractivity contribution in [1.82, 2.24) is 0 Å². The number of esters is 1. The van der Waals surface area contributed by atoms with E-state index in [1.807, 2.05) is 18.2 Å². The number of carbonyl (C=O) groups excluding carboxylic acids is 1. The molecule has 5 nitrogen and oxygen atoms in total. The third-order valence-corrected chi connectivity index (χ3v) is 4.09. The van der Waals surface area contributed by atoms with E-state index in [2.05, 4.69) is 32.9 Å². The van der Waals surface area contributed by atoms with Gasteiger partial charge in [-0.2, -0.15) is 5.26 Å². The smallest absolute Gasteiger partial charge is 0.331 e. The molecular weight excluding hydrogens is 354 g/mol. The van der Waals surface area contributed by atoms with Crippen LogP contribution in [-0.2, 0) is 21.6 Å². The third kappa shape index (κ3) is 6.17. The minimum Gasteiger partial charge on any atom is -0.493 e. The van der Waals surface area contributed by atoms with Crippen molar-refractivity contribution in [2.24, 2.45) is 0 Å². The van der Waals surface area contributed by atoms with Gasteiger partial charge in [0.2, 0.25) is 0 Å². The fourth-order valence-electron chi connectivity index (χ4n) is 2.48. The van der Waals surface area contributed by atoms with Gasteiger partial charge in [0.05, 0.1) is 7.11 Å². The van der Waals surface area contributed by atoms with E-state index in [1.54, 1.807) is 24.3 Å². The second-order valence-electron chi connectivity index (χ2n) is 7.25. The van der Waals surface area contributed by atoms with Crippen molar-refractivity contribution in [3.8, 4) is 17.6 Å². The zero-order chi connectivity index (χ0) is 20.6. The van der Waals surface area contributed by atoms with Gasteiger partial charge in [-0.3, -0.25) is 0 Å². The van der Waals surface area contributed by atoms with Gasteiger partial charge < -0.3 is 14.2 Å². The molecule has 0 heterocycles. The lowest BCUT2D eigenvalue weighted by Crippen LogP contribution is -2.10. The largest absolute Gasteiger partial charge is 0.493 e. The molecule has 0 radical (unpaired) electrons. The van der Waals surface area contributed by atoms with E-state index in [0.717, 1.165) is 11.1 Å². The number of methoxy groups -OCH3 is 1. The van der Waals surface area contributed by atoms with Gasteiger partial charge in [-0.25, -0.2) is 4.79 Å². The van der Waals surface area contributed by atoms with Gasteiger partial charge in [0.1, 0.15) is 12.7 Å². The Balaban J connectivity index is 1.93. The van der Waals surface area contributed by atoms with Crippen LogP contribution >= 0.6 is 0 Å². The predicted molar refractivity (Wildman–Crippen MR) is 108 cm³/mol. The quantitative estimate of drug-likeness (QED) is 0.517. The molecule has 0 aromatic heterocycles. The highest BCUT2D eigenvalue weighted by Crippen LogP contribution is 2.28. The fraction of sp³-hybridized carbons (Fsp3) is 0.304. The number of carbonyl (C=O) groups is 1. The van der Waals surface area contributed by atoms with Crippen molar-refractivity contribution in [3.63, 3.8) is 0 Å². The maximum atomic E-state index is 12.0. The maximum Gasteiger partial charge on any atom is 0.331 e. The Labute approximate surface area is 166 Å². The number of benzene rings is 2. The molecule has 146 valence electrons. The van der Waals surface area contributed by atoms with Crippen molar-refractivity contribution in [3.05, 3.63) is 65.2 Å². The summed E-state index contributed by atoms with van der Waals surface area (Å²) in [5, 5.41) is 8.59. The average Bonchev–Trinajstić information content (AvgIpc) is 2.69. The van der Waals surface area contributed by atoms with Gasteiger partial charge in [-0.05, 0) is 40.3 Å². The monoisotopic (exact) mass is 379 g/mol. The Bertz CT molecular complexity index is 871. The van der Waals surface area contributed by atoms with Crippen LogP contribution in [0.15, 0.2) is 48.5 Å². The molecule has 0 fully saturated rings. The minimum absolute atomic E-state index is 0.0609. The summed E-state index contributed by atoms with van der Waals surface area (Å²) in [4.78, 5) is 12.0. The van der Waals surface area contributed by atoms with E-state index < -0.39 is 5.97 Å². The minimum atomic E-state index is -0.427. The molecule has 0 aliphatic rings. The summed E-state index contributed by atoms with van der Waals surface area (Å²) < 4.78 is 15.8. The van der Waals surface area contributed by atoms with Crippen LogP contribution in [-0.4, -0.2) is 19.7 Å². The molecule has 0 saturated heterocycles. The molecule has 28 heavy (non-hydrogen) atoms. The zero-order valence-electron chi connectivity index (χ0n) is 16.7. The second kappa shape index (κ2) is 9.61. The normalized spacial score (nSPS) is 11.1. The highest BCUT2D eigenvalue weighted by molar-refractivity contribution is 5.87. The molecule has 2 aromatic rings. The Morgan fingerprint density at radius 2 is 1.82 bits per heavy atom. The Kier molecular flexibility index (Phi) is 7.22. The topological polar surface area (TPSA) is 68.6 Å². The average molecular weight is 379 g/mol. The van der Waals surface area contributed by atoms with Crippen LogP contribution in [0.25, 0.3) is 6.08 Å². The van der Waals surface area contributed by atoms with Gasteiger partial charge in [-0.1, -0.05) is 51.1 Å². The first-order valence-electron chi connectivity index (χ1n) is 8.95. The van der Waals surface area contributed by atoms with Gasteiger partial charge in [0, 0.05) is 6.08 Å². The molecule has 0 aliphatic carbocycles. The number of rotatable bonds is 7. The SMILES string of the molecule is COc1cc(/C=C/C(=O)OCc2ccc(C(C)(C)C)cc2)ccc1OCC#N. The van der Waals surface area contributed by atoms with Crippen molar-refractivity contribution in [2.75, 3.05) is 13.7 Å². The molecule has 0 bridgehead atoms. The van der Waals surface area contributed by atoms with Crippen LogP contribution in [0.5, 0.6) is 11.5 Å². The molecule has 0 spiro atoms. The summed E-state index contributed by atoms with van der Waals surface area (Å²) in [6.45, 7) is 6.63. The van der Waals surface area contributed by atoms with Gasteiger partial charge >= 0.3 is 5.97 Å². The van der Waals surface area contributed by atoms with Crippen molar-refractivity contribution in [1.29, 1.82) is 5.26 Å². The van der Waals surface area contributed by atoms with Gasteiger partial charge in [0.15, 0.2) is 18.1 Å². The van der Waals surface area contributed by atoms with Crippen LogP contribution in [0, 0.1) is 11.3 Å². The molecular formula is C23H25NO4. The zero-order valence-corrected chi connectivity index (χ0v) is 16.7. The molecule has 0 amide bonds. The highest BCUT2D eigenvalue weighted by atomic mass is 16.5. The number of ether oxygens (including phenoxy) is 3. The molecule has 2 rings (SSSR count). The van der Waals surface area contributed by atoms with Crippen molar-refractivity contribution < 1.29 is 19.0 Å². The summed E-state index contributed by atoms with van der Waals surface area (Å²) in [5.41, 5.74) is 3.02. The van der Waals surface area contributed by atoms with E-state index in [4.69, 9.17) is 19.5 Å². The van der Waals surface area contributed by atoms with Crippen LogP contribution in [0.4, 0.5) is 0 Å². The maximum absolute atomic E-state index is 12.0. The number of nitriles is 1. The van der Waals surface area contributed by atoms with Gasteiger partial charge in [0.25, 0.3) is 0 Å². The summed E-state index contributed by atoms with van der Waals surface area (Å²) in [5.74, 6) is 0.538. The number of hydrogen-bond acceptors (Lipinski definition) is 5. The van der Waals surface area contributed by atoms with E-state index in [9.17, 15) is 4.79 Å². The lowest BCUT2D eigenvalue weighted by Gasteiger charge is -2.19. The highest BCUT2D eigenvalue weighted by Gasteiger charge is 2.13. The van der Waals surface area contributed by atoms with Crippen LogP contribution < -0.4 is 9.47 Å². The van der Waals surface area contributed by atoms with E-state index in [1.165, 1.54) is 18.7 Å². The van der Waals surface area contributed by atoms with Crippen LogP contribution in [0.2, 0.25) is 0 Å². The predicted octanol–water partition coefficient (Wildman–Crippen LogP) is 4.65. The Morgan fingerprint density at radius 1 is 1.11 bits per heavy atom. The molecule has 0 saturated carbocycles. The number of hydrogen-bond donors (Lipinski definition) is 0. The summed E-state index contributed by atoms with van der Waals surface area (Å²) >= 11 is 0. The molecule has 0 unspecified atom stereocenters. The fourth-order valence-corrected chi connectivity index (χ4v) is 2.48. The lowest BCUT2D eigenvalue weighted by molar-refractivity contribution is -0.138. The van der Waals surface area contributed by atoms with E-state index in [-0.39, 0.29) is 18.6 Å². The molecule has 5 heteroatoms. The molecule has 0 aliphatic heterocycles. The molecule has 0 N–H and O–H groups in total. The third-order valence-electron chi connectivity index (χ3n) is 4.09. The molecule has 2 aromatic carbocycles. The summed E-state index contributed by atoms with van der Waals surface area (Å²) in [6, 6.07) is 15.2. The van der Waals surface area contributed by atoms with Crippen LogP contribution in [0.1, 0.15) is 37.5 Å². The second-order valence-corrected chi connectivity index (χ2v) is 7.25. The molecule has 0 atom stereocenters. The lowest BCUT2D eigenvalue weighted by atomic mass is 9.87.